The quantitative estimate of drug-likeness (QED) is 0.652. The van der Waals surface area contributed by atoms with E-state index in [9.17, 15) is 4.39 Å². The second kappa shape index (κ2) is 7.71. The molecule has 2 aromatic carbocycles. The SMILES string of the molecule is Cn1cc(C2CCN(c3ccc(N4CCOCC4)cc3)CC2)c2cc(F)ccc21. The van der Waals surface area contributed by atoms with Crippen LogP contribution >= 0.6 is 0 Å². The second-order valence-electron chi connectivity index (χ2n) is 8.23. The normalized spacial score (nSPS) is 18.6. The van der Waals surface area contributed by atoms with Crippen LogP contribution in [0.1, 0.15) is 24.3 Å². The van der Waals surface area contributed by atoms with Gasteiger partial charge in [-0.15, -0.1) is 0 Å². The lowest BCUT2D eigenvalue weighted by Gasteiger charge is -2.34. The van der Waals surface area contributed by atoms with E-state index in [1.807, 2.05) is 6.07 Å². The summed E-state index contributed by atoms with van der Waals surface area (Å²) in [6.45, 7) is 5.63. The molecule has 0 spiro atoms. The molecular formula is C24H28FN3O. The van der Waals surface area contributed by atoms with Crippen LogP contribution in [0.3, 0.4) is 0 Å². The number of morpholine rings is 1. The zero-order valence-corrected chi connectivity index (χ0v) is 17.0. The Morgan fingerprint density at radius 3 is 2.14 bits per heavy atom. The summed E-state index contributed by atoms with van der Waals surface area (Å²) in [4.78, 5) is 4.87. The van der Waals surface area contributed by atoms with Gasteiger partial charge in [-0.1, -0.05) is 0 Å². The highest BCUT2D eigenvalue weighted by molar-refractivity contribution is 5.84. The van der Waals surface area contributed by atoms with E-state index in [1.54, 1.807) is 12.1 Å². The van der Waals surface area contributed by atoms with Gasteiger partial charge >= 0.3 is 0 Å². The smallest absolute Gasteiger partial charge is 0.123 e. The molecule has 3 heterocycles. The Morgan fingerprint density at radius 1 is 0.862 bits per heavy atom. The molecule has 0 unspecified atom stereocenters. The molecular weight excluding hydrogens is 365 g/mol. The fourth-order valence-corrected chi connectivity index (χ4v) is 4.86. The van der Waals surface area contributed by atoms with E-state index < -0.39 is 0 Å². The summed E-state index contributed by atoms with van der Waals surface area (Å²) in [7, 11) is 2.05. The molecule has 1 aromatic heterocycles. The molecule has 2 saturated heterocycles. The predicted molar refractivity (Wildman–Crippen MR) is 117 cm³/mol. The van der Waals surface area contributed by atoms with E-state index >= 15 is 0 Å². The summed E-state index contributed by atoms with van der Waals surface area (Å²) in [5.41, 5.74) is 4.99. The van der Waals surface area contributed by atoms with Crippen LogP contribution in [0, 0.1) is 5.82 Å². The van der Waals surface area contributed by atoms with Crippen LogP contribution in [-0.2, 0) is 11.8 Å². The first-order chi connectivity index (χ1) is 14.2. The van der Waals surface area contributed by atoms with Crippen molar-refractivity contribution < 1.29 is 9.13 Å². The fourth-order valence-electron chi connectivity index (χ4n) is 4.86. The summed E-state index contributed by atoms with van der Waals surface area (Å²) in [5, 5.41) is 1.07. The summed E-state index contributed by atoms with van der Waals surface area (Å²) in [6, 6.07) is 14.1. The number of hydrogen-bond donors (Lipinski definition) is 0. The summed E-state index contributed by atoms with van der Waals surface area (Å²) >= 11 is 0. The number of fused-ring (bicyclic) bond motifs is 1. The van der Waals surface area contributed by atoms with Gasteiger partial charge in [-0.05, 0) is 66.8 Å². The molecule has 2 aliphatic rings. The molecule has 0 saturated carbocycles. The molecule has 29 heavy (non-hydrogen) atoms. The topological polar surface area (TPSA) is 20.6 Å². The molecule has 3 aromatic rings. The van der Waals surface area contributed by atoms with Crippen molar-refractivity contribution in [1.29, 1.82) is 0 Å². The van der Waals surface area contributed by atoms with Crippen molar-refractivity contribution in [3.63, 3.8) is 0 Å². The van der Waals surface area contributed by atoms with Gasteiger partial charge in [0.2, 0.25) is 0 Å². The number of benzene rings is 2. The van der Waals surface area contributed by atoms with Gasteiger partial charge in [0, 0.05) is 61.7 Å². The molecule has 2 fully saturated rings. The Hall–Kier alpha value is -2.53. The van der Waals surface area contributed by atoms with Crippen LogP contribution in [0.5, 0.6) is 0 Å². The number of ether oxygens (including phenoxy) is 1. The third-order valence-electron chi connectivity index (χ3n) is 6.51. The molecule has 0 N–H and O–H groups in total. The van der Waals surface area contributed by atoms with Crippen LogP contribution < -0.4 is 9.80 Å². The Labute approximate surface area is 171 Å². The Morgan fingerprint density at radius 2 is 1.48 bits per heavy atom. The van der Waals surface area contributed by atoms with Gasteiger partial charge in [-0.25, -0.2) is 4.39 Å². The van der Waals surface area contributed by atoms with Gasteiger partial charge in [-0.2, -0.15) is 0 Å². The predicted octanol–water partition coefficient (Wildman–Crippen LogP) is 4.54. The van der Waals surface area contributed by atoms with Crippen LogP contribution in [0.15, 0.2) is 48.7 Å². The maximum absolute atomic E-state index is 13.8. The minimum Gasteiger partial charge on any atom is -0.378 e. The summed E-state index contributed by atoms with van der Waals surface area (Å²) < 4.78 is 21.4. The van der Waals surface area contributed by atoms with Crippen molar-refractivity contribution in [1.82, 2.24) is 4.57 Å². The van der Waals surface area contributed by atoms with E-state index in [-0.39, 0.29) is 5.82 Å². The Bertz CT molecular complexity index is 983. The van der Waals surface area contributed by atoms with Gasteiger partial charge in [0.25, 0.3) is 0 Å². The zero-order valence-electron chi connectivity index (χ0n) is 17.0. The molecule has 0 amide bonds. The van der Waals surface area contributed by atoms with Crippen LogP contribution in [0.2, 0.25) is 0 Å². The maximum atomic E-state index is 13.8. The molecule has 152 valence electrons. The number of aromatic nitrogens is 1. The summed E-state index contributed by atoms with van der Waals surface area (Å²) in [5.74, 6) is 0.340. The third kappa shape index (κ3) is 3.60. The van der Waals surface area contributed by atoms with Crippen LogP contribution in [0.25, 0.3) is 10.9 Å². The second-order valence-corrected chi connectivity index (χ2v) is 8.23. The van der Waals surface area contributed by atoms with Gasteiger partial charge in [0.15, 0.2) is 0 Å². The average molecular weight is 394 g/mol. The largest absolute Gasteiger partial charge is 0.378 e. The number of hydrogen-bond acceptors (Lipinski definition) is 3. The first-order valence-electron chi connectivity index (χ1n) is 10.6. The van der Waals surface area contributed by atoms with Crippen molar-refractivity contribution >= 4 is 22.3 Å². The summed E-state index contributed by atoms with van der Waals surface area (Å²) in [6.07, 6.45) is 4.39. The molecule has 0 radical (unpaired) electrons. The van der Waals surface area contributed by atoms with E-state index in [1.165, 1.54) is 16.9 Å². The molecule has 5 heteroatoms. The molecule has 5 rings (SSSR count). The average Bonchev–Trinajstić information content (AvgIpc) is 3.10. The van der Waals surface area contributed by atoms with E-state index in [0.717, 1.165) is 63.1 Å². The third-order valence-corrected chi connectivity index (χ3v) is 6.51. The molecule has 4 nitrogen and oxygen atoms in total. The Kier molecular flexibility index (Phi) is 4.92. The van der Waals surface area contributed by atoms with Crippen molar-refractivity contribution in [3.05, 3.63) is 60.0 Å². The molecule has 0 aliphatic carbocycles. The lowest BCUT2D eigenvalue weighted by atomic mass is 9.89. The number of rotatable bonds is 3. The number of piperidine rings is 1. The van der Waals surface area contributed by atoms with E-state index in [4.69, 9.17) is 4.74 Å². The molecule has 0 atom stereocenters. The fraction of sp³-hybridized carbons (Fsp3) is 0.417. The zero-order chi connectivity index (χ0) is 19.8. The van der Waals surface area contributed by atoms with Crippen molar-refractivity contribution in [2.24, 2.45) is 7.05 Å². The number of halogens is 1. The monoisotopic (exact) mass is 393 g/mol. The molecule has 2 aliphatic heterocycles. The van der Waals surface area contributed by atoms with Crippen molar-refractivity contribution in [2.45, 2.75) is 18.8 Å². The first kappa shape index (κ1) is 18.5. The number of nitrogens with zero attached hydrogens (tertiary/aromatic N) is 3. The van der Waals surface area contributed by atoms with Gasteiger partial charge < -0.3 is 19.1 Å². The first-order valence-corrected chi connectivity index (χ1v) is 10.6. The standard InChI is InChI=1S/C24H28FN3O/c1-26-17-23(22-16-19(25)2-7-24(22)26)18-8-10-27(11-9-18)20-3-5-21(6-4-20)28-12-14-29-15-13-28/h2-7,16-18H,8-15H2,1H3. The lowest BCUT2D eigenvalue weighted by molar-refractivity contribution is 0.122. The van der Waals surface area contributed by atoms with Gasteiger partial charge in [-0.3, -0.25) is 0 Å². The van der Waals surface area contributed by atoms with Gasteiger partial charge in [0.05, 0.1) is 13.2 Å². The van der Waals surface area contributed by atoms with Crippen molar-refractivity contribution in [3.8, 4) is 0 Å². The lowest BCUT2D eigenvalue weighted by Crippen LogP contribution is -2.36. The molecule has 0 bridgehead atoms. The van der Waals surface area contributed by atoms with Crippen LogP contribution in [0.4, 0.5) is 15.8 Å². The van der Waals surface area contributed by atoms with Crippen LogP contribution in [-0.4, -0.2) is 44.0 Å². The maximum Gasteiger partial charge on any atom is 0.123 e. The number of aryl methyl sites for hydroxylation is 1. The minimum absolute atomic E-state index is 0.150. The highest BCUT2D eigenvalue weighted by Gasteiger charge is 2.24. The van der Waals surface area contributed by atoms with E-state index in [0.29, 0.717) is 5.92 Å². The van der Waals surface area contributed by atoms with Gasteiger partial charge in [0.1, 0.15) is 5.82 Å². The highest BCUT2D eigenvalue weighted by Crippen LogP contribution is 2.36. The van der Waals surface area contributed by atoms with Crippen molar-refractivity contribution in [2.75, 3.05) is 49.2 Å². The minimum atomic E-state index is -0.150. The number of anilines is 2. The highest BCUT2D eigenvalue weighted by atomic mass is 19.1. The van der Waals surface area contributed by atoms with E-state index in [2.05, 4.69) is 51.9 Å². The Balaban J connectivity index is 1.28.